The first-order chi connectivity index (χ1) is 6.52. The Morgan fingerprint density at radius 2 is 2.07 bits per heavy atom. The molecule has 0 aromatic heterocycles. The molecule has 80 valence electrons. The van der Waals surface area contributed by atoms with Crippen molar-refractivity contribution in [2.24, 2.45) is 5.92 Å². The van der Waals surface area contributed by atoms with Crippen molar-refractivity contribution in [1.29, 1.82) is 0 Å². The van der Waals surface area contributed by atoms with Crippen LogP contribution in [0.4, 0.5) is 0 Å². The van der Waals surface area contributed by atoms with Gasteiger partial charge in [-0.3, -0.25) is 4.79 Å². The first-order valence-corrected chi connectivity index (χ1v) is 4.87. The summed E-state index contributed by atoms with van der Waals surface area (Å²) in [5.41, 5.74) is -1.49. The van der Waals surface area contributed by atoms with Crippen molar-refractivity contribution in [3.8, 4) is 0 Å². The number of Topliss-reactive ketones (excluding diaryl/α,β-unsaturated/α-hetero) is 1. The van der Waals surface area contributed by atoms with Gasteiger partial charge in [0.15, 0.2) is 0 Å². The minimum Gasteiger partial charge on any atom is -0.463 e. The van der Waals surface area contributed by atoms with E-state index in [9.17, 15) is 14.7 Å². The molecule has 1 saturated carbocycles. The molecule has 1 fully saturated rings. The van der Waals surface area contributed by atoms with E-state index < -0.39 is 17.4 Å². The van der Waals surface area contributed by atoms with Crippen molar-refractivity contribution in [1.82, 2.24) is 0 Å². The van der Waals surface area contributed by atoms with E-state index in [2.05, 4.69) is 4.74 Å². The number of carbonyl (C=O) groups excluding carboxylic acids is 2. The number of esters is 1. The van der Waals surface area contributed by atoms with E-state index in [0.29, 0.717) is 6.42 Å². The largest absolute Gasteiger partial charge is 0.463 e. The Bertz CT molecular complexity index is 249. The van der Waals surface area contributed by atoms with Gasteiger partial charge in [0.05, 0.1) is 7.11 Å². The van der Waals surface area contributed by atoms with Crippen LogP contribution in [-0.4, -0.2) is 29.6 Å². The minimum atomic E-state index is -1.49. The Labute approximate surface area is 83.2 Å². The van der Waals surface area contributed by atoms with Crippen LogP contribution in [0.3, 0.4) is 0 Å². The second kappa shape index (κ2) is 4.09. The number of hydrogen-bond acceptors (Lipinski definition) is 4. The Morgan fingerprint density at radius 3 is 2.57 bits per heavy atom. The maximum atomic E-state index is 11.5. The lowest BCUT2D eigenvalue weighted by Gasteiger charge is -2.35. The molecule has 0 radical (unpaired) electrons. The minimum absolute atomic E-state index is 0.164. The number of aliphatic hydroxyl groups is 1. The molecule has 0 amide bonds. The molecule has 0 spiro atoms. The molecule has 0 bridgehead atoms. The second-order valence-electron chi connectivity index (χ2n) is 3.89. The molecule has 0 aromatic carbocycles. The summed E-state index contributed by atoms with van der Waals surface area (Å²) >= 11 is 0. The van der Waals surface area contributed by atoms with Crippen LogP contribution < -0.4 is 0 Å². The first-order valence-electron chi connectivity index (χ1n) is 4.87. The molecule has 1 rings (SSSR count). The summed E-state index contributed by atoms with van der Waals surface area (Å²) in [5.74, 6) is -1.91. The van der Waals surface area contributed by atoms with Gasteiger partial charge in [0, 0.05) is 0 Å². The fraction of sp³-hybridized carbons (Fsp3) is 0.800. The van der Waals surface area contributed by atoms with E-state index in [1.165, 1.54) is 0 Å². The zero-order valence-electron chi connectivity index (χ0n) is 8.58. The molecule has 1 aliphatic carbocycles. The SMILES string of the molecule is COC(=O)C(=O)[C@]1(O)CCCC[C@@H]1C. The van der Waals surface area contributed by atoms with E-state index in [0.717, 1.165) is 26.4 Å². The summed E-state index contributed by atoms with van der Waals surface area (Å²) in [4.78, 5) is 22.6. The molecular weight excluding hydrogens is 184 g/mol. The van der Waals surface area contributed by atoms with Crippen LogP contribution in [0.2, 0.25) is 0 Å². The first kappa shape index (κ1) is 11.2. The standard InChI is InChI=1S/C10H16O4/c1-7-5-3-4-6-10(7,13)8(11)9(12)14-2/h7,13H,3-6H2,1-2H3/t7-,10-/m0/s1. The van der Waals surface area contributed by atoms with Gasteiger partial charge in [-0.15, -0.1) is 0 Å². The van der Waals surface area contributed by atoms with E-state index >= 15 is 0 Å². The van der Waals surface area contributed by atoms with Gasteiger partial charge in [0.2, 0.25) is 0 Å². The maximum Gasteiger partial charge on any atom is 0.377 e. The van der Waals surface area contributed by atoms with E-state index in [-0.39, 0.29) is 5.92 Å². The van der Waals surface area contributed by atoms with E-state index in [4.69, 9.17) is 0 Å². The van der Waals surface area contributed by atoms with Crippen molar-refractivity contribution in [3.05, 3.63) is 0 Å². The molecule has 14 heavy (non-hydrogen) atoms. The summed E-state index contributed by atoms with van der Waals surface area (Å²) in [7, 11) is 1.15. The third kappa shape index (κ3) is 1.80. The lowest BCUT2D eigenvalue weighted by atomic mass is 9.74. The topological polar surface area (TPSA) is 63.6 Å². The van der Waals surface area contributed by atoms with Crippen molar-refractivity contribution < 1.29 is 19.4 Å². The highest BCUT2D eigenvalue weighted by Crippen LogP contribution is 2.34. The molecule has 2 atom stereocenters. The molecular formula is C10H16O4. The van der Waals surface area contributed by atoms with Gasteiger partial charge >= 0.3 is 5.97 Å². The molecule has 0 heterocycles. The molecule has 4 heteroatoms. The van der Waals surface area contributed by atoms with Crippen LogP contribution in [-0.2, 0) is 14.3 Å². The van der Waals surface area contributed by atoms with Gasteiger partial charge < -0.3 is 9.84 Å². The summed E-state index contributed by atoms with van der Waals surface area (Å²) in [5, 5.41) is 10.1. The van der Waals surface area contributed by atoms with Crippen LogP contribution in [0, 0.1) is 5.92 Å². The quantitative estimate of drug-likeness (QED) is 0.525. The van der Waals surface area contributed by atoms with Crippen molar-refractivity contribution in [2.45, 2.75) is 38.2 Å². The van der Waals surface area contributed by atoms with E-state index in [1.807, 2.05) is 0 Å². The molecule has 0 aliphatic heterocycles. The van der Waals surface area contributed by atoms with Crippen LogP contribution in [0.15, 0.2) is 0 Å². The van der Waals surface area contributed by atoms with Crippen molar-refractivity contribution in [2.75, 3.05) is 7.11 Å². The molecule has 1 N–H and O–H groups in total. The molecule has 0 aromatic rings. The maximum absolute atomic E-state index is 11.5. The van der Waals surface area contributed by atoms with Crippen LogP contribution in [0.1, 0.15) is 32.6 Å². The summed E-state index contributed by atoms with van der Waals surface area (Å²) in [6.45, 7) is 1.79. The highest BCUT2D eigenvalue weighted by molar-refractivity contribution is 6.36. The third-order valence-electron chi connectivity index (χ3n) is 3.02. The van der Waals surface area contributed by atoms with Crippen molar-refractivity contribution in [3.63, 3.8) is 0 Å². The fourth-order valence-electron chi connectivity index (χ4n) is 1.94. The van der Waals surface area contributed by atoms with Gasteiger partial charge in [0.1, 0.15) is 5.60 Å². The summed E-state index contributed by atoms with van der Waals surface area (Å²) in [6.07, 6.45) is 2.92. The van der Waals surface area contributed by atoms with E-state index in [1.54, 1.807) is 6.92 Å². The monoisotopic (exact) mass is 200 g/mol. The number of rotatable bonds is 2. The number of ether oxygens (including phenoxy) is 1. The van der Waals surface area contributed by atoms with Crippen molar-refractivity contribution >= 4 is 11.8 Å². The zero-order chi connectivity index (χ0) is 10.8. The summed E-state index contributed by atoms with van der Waals surface area (Å²) in [6, 6.07) is 0. The predicted molar refractivity (Wildman–Crippen MR) is 49.6 cm³/mol. The molecule has 4 nitrogen and oxygen atoms in total. The molecule has 0 unspecified atom stereocenters. The van der Waals surface area contributed by atoms with Crippen LogP contribution in [0.5, 0.6) is 0 Å². The fourth-order valence-corrected chi connectivity index (χ4v) is 1.94. The average Bonchev–Trinajstić information content (AvgIpc) is 2.20. The van der Waals surface area contributed by atoms with Crippen LogP contribution in [0.25, 0.3) is 0 Å². The smallest absolute Gasteiger partial charge is 0.377 e. The van der Waals surface area contributed by atoms with Gasteiger partial charge in [-0.1, -0.05) is 19.8 Å². The van der Waals surface area contributed by atoms with Crippen LogP contribution >= 0.6 is 0 Å². The third-order valence-corrected chi connectivity index (χ3v) is 3.02. The predicted octanol–water partition coefficient (Wildman–Crippen LogP) is 0.670. The van der Waals surface area contributed by atoms with Gasteiger partial charge in [-0.05, 0) is 18.8 Å². The highest BCUT2D eigenvalue weighted by Gasteiger charge is 2.46. The number of ketones is 1. The Morgan fingerprint density at radius 1 is 1.43 bits per heavy atom. The lowest BCUT2D eigenvalue weighted by molar-refractivity contribution is -0.166. The summed E-state index contributed by atoms with van der Waals surface area (Å²) < 4.78 is 4.33. The van der Waals surface area contributed by atoms with Gasteiger partial charge in [0.25, 0.3) is 5.78 Å². The Kier molecular flexibility index (Phi) is 3.26. The molecule has 0 saturated heterocycles. The Hall–Kier alpha value is -0.900. The number of hydrogen-bond donors (Lipinski definition) is 1. The average molecular weight is 200 g/mol. The Balaban J connectivity index is 2.81. The number of methoxy groups -OCH3 is 1. The highest BCUT2D eigenvalue weighted by atomic mass is 16.5. The number of carbonyl (C=O) groups is 2. The second-order valence-corrected chi connectivity index (χ2v) is 3.89. The normalized spacial score (nSPS) is 32.4. The zero-order valence-corrected chi connectivity index (χ0v) is 8.58. The lowest BCUT2D eigenvalue weighted by Crippen LogP contribution is -2.50. The molecule has 1 aliphatic rings. The van der Waals surface area contributed by atoms with Gasteiger partial charge in [-0.25, -0.2) is 4.79 Å². The van der Waals surface area contributed by atoms with Gasteiger partial charge in [-0.2, -0.15) is 0 Å².